The van der Waals surface area contributed by atoms with Gasteiger partial charge in [-0.3, -0.25) is 0 Å². The first-order valence-electron chi connectivity index (χ1n) is 7.39. The lowest BCUT2D eigenvalue weighted by Gasteiger charge is -1.97. The van der Waals surface area contributed by atoms with Crippen LogP contribution in [-0.4, -0.2) is 28.8 Å². The van der Waals surface area contributed by atoms with Gasteiger partial charge in [-0.15, -0.1) is 10.2 Å². The van der Waals surface area contributed by atoms with Crippen LogP contribution in [0.15, 0.2) is 67.8 Å². The number of benzene rings is 2. The van der Waals surface area contributed by atoms with Gasteiger partial charge in [-0.1, -0.05) is 57.7 Å². The standard InChI is InChI=1S/C16H8Cl2N4O4S/c17-11-7-3-1-5-9(11)13-19-21-15(25-13)27(23,24)16-22-20-14(26-16)10-6-2-4-8-12(10)18/h1-8H. The van der Waals surface area contributed by atoms with Crippen LogP contribution in [0, 0.1) is 0 Å². The van der Waals surface area contributed by atoms with Crippen molar-refractivity contribution in [2.75, 3.05) is 0 Å². The summed E-state index contributed by atoms with van der Waals surface area (Å²) in [6.45, 7) is 0. The topological polar surface area (TPSA) is 112 Å². The average molecular weight is 423 g/mol. The third kappa shape index (κ3) is 3.20. The number of hydrogen-bond acceptors (Lipinski definition) is 8. The maximum absolute atomic E-state index is 12.6. The van der Waals surface area contributed by atoms with Crippen molar-refractivity contribution >= 4 is 33.0 Å². The van der Waals surface area contributed by atoms with Crippen LogP contribution in [0.1, 0.15) is 0 Å². The fraction of sp³-hybridized carbons (Fsp3) is 0. The van der Waals surface area contributed by atoms with Crippen molar-refractivity contribution in [2.24, 2.45) is 0 Å². The molecule has 11 heteroatoms. The van der Waals surface area contributed by atoms with Gasteiger partial charge in [0.1, 0.15) is 0 Å². The summed E-state index contributed by atoms with van der Waals surface area (Å²) in [4.78, 5) is 0. The Labute approximate surface area is 162 Å². The minimum Gasteiger partial charge on any atom is -0.407 e. The molecule has 2 aromatic heterocycles. The molecule has 2 aromatic carbocycles. The second-order valence-electron chi connectivity index (χ2n) is 5.21. The molecule has 0 fully saturated rings. The predicted octanol–water partition coefficient (Wildman–Crippen LogP) is 3.93. The molecule has 136 valence electrons. The van der Waals surface area contributed by atoms with Crippen molar-refractivity contribution in [3.63, 3.8) is 0 Å². The van der Waals surface area contributed by atoms with Crippen molar-refractivity contribution in [2.45, 2.75) is 10.4 Å². The summed E-state index contributed by atoms with van der Waals surface area (Å²) in [5.41, 5.74) is 0.797. The van der Waals surface area contributed by atoms with Gasteiger partial charge in [0, 0.05) is 0 Å². The fourth-order valence-electron chi connectivity index (χ4n) is 2.20. The third-order valence-electron chi connectivity index (χ3n) is 3.48. The van der Waals surface area contributed by atoms with E-state index in [1.807, 2.05) is 0 Å². The molecule has 4 aromatic rings. The highest BCUT2D eigenvalue weighted by atomic mass is 35.5. The van der Waals surface area contributed by atoms with Crippen molar-refractivity contribution < 1.29 is 17.3 Å². The third-order valence-corrected chi connectivity index (χ3v) is 5.39. The zero-order chi connectivity index (χ0) is 19.0. The lowest BCUT2D eigenvalue weighted by atomic mass is 10.2. The highest BCUT2D eigenvalue weighted by Crippen LogP contribution is 2.31. The Balaban J connectivity index is 1.71. The van der Waals surface area contributed by atoms with Gasteiger partial charge >= 0.3 is 20.3 Å². The molecule has 8 nitrogen and oxygen atoms in total. The van der Waals surface area contributed by atoms with Crippen LogP contribution in [0.2, 0.25) is 10.0 Å². The van der Waals surface area contributed by atoms with Crippen LogP contribution >= 0.6 is 23.2 Å². The number of hydrogen-bond donors (Lipinski definition) is 0. The number of sulfone groups is 1. The lowest BCUT2D eigenvalue weighted by molar-refractivity contribution is 0.404. The summed E-state index contributed by atoms with van der Waals surface area (Å²) in [6, 6.07) is 13.3. The molecule has 0 amide bonds. The van der Waals surface area contributed by atoms with E-state index >= 15 is 0 Å². The largest absolute Gasteiger partial charge is 0.407 e. The van der Waals surface area contributed by atoms with E-state index in [1.54, 1.807) is 48.5 Å². The molecule has 0 radical (unpaired) electrons. The normalized spacial score (nSPS) is 11.6. The molecule has 0 spiro atoms. The van der Waals surface area contributed by atoms with Crippen LogP contribution in [0.25, 0.3) is 22.9 Å². The van der Waals surface area contributed by atoms with E-state index in [2.05, 4.69) is 20.4 Å². The van der Waals surface area contributed by atoms with Gasteiger partial charge in [0.25, 0.3) is 0 Å². The van der Waals surface area contributed by atoms with Crippen molar-refractivity contribution in [3.8, 4) is 22.9 Å². The highest BCUT2D eigenvalue weighted by molar-refractivity contribution is 7.91. The Morgan fingerprint density at radius 1 is 0.667 bits per heavy atom. The Morgan fingerprint density at radius 3 is 1.48 bits per heavy atom. The van der Waals surface area contributed by atoms with E-state index < -0.39 is 20.3 Å². The molecule has 0 aliphatic carbocycles. The maximum Gasteiger partial charge on any atom is 0.345 e. The molecule has 0 saturated carbocycles. The van der Waals surface area contributed by atoms with E-state index in [0.717, 1.165) is 0 Å². The quantitative estimate of drug-likeness (QED) is 0.486. The Hall–Kier alpha value is -2.75. The highest BCUT2D eigenvalue weighted by Gasteiger charge is 2.32. The van der Waals surface area contributed by atoms with Gasteiger partial charge in [-0.25, -0.2) is 8.42 Å². The van der Waals surface area contributed by atoms with Crippen LogP contribution in [0.3, 0.4) is 0 Å². The Kier molecular flexibility index (Phi) is 4.42. The van der Waals surface area contributed by atoms with E-state index in [9.17, 15) is 8.42 Å². The SMILES string of the molecule is O=S(=O)(c1nnc(-c2ccccc2Cl)o1)c1nnc(-c2ccccc2Cl)o1. The summed E-state index contributed by atoms with van der Waals surface area (Å²) in [5.74, 6) is -0.102. The molecule has 0 aliphatic rings. The molecule has 2 heterocycles. The van der Waals surface area contributed by atoms with Gasteiger partial charge in [0.15, 0.2) is 0 Å². The summed E-state index contributed by atoms with van der Waals surface area (Å²) < 4.78 is 35.8. The van der Waals surface area contributed by atoms with Crippen molar-refractivity contribution in [1.29, 1.82) is 0 Å². The average Bonchev–Trinajstić information content (AvgIpc) is 3.33. The van der Waals surface area contributed by atoms with Gasteiger partial charge in [-0.2, -0.15) is 0 Å². The van der Waals surface area contributed by atoms with E-state index in [-0.39, 0.29) is 11.8 Å². The smallest absolute Gasteiger partial charge is 0.345 e. The van der Waals surface area contributed by atoms with E-state index in [0.29, 0.717) is 21.2 Å². The van der Waals surface area contributed by atoms with Crippen LogP contribution in [0.4, 0.5) is 0 Å². The minimum absolute atomic E-state index is 0.0509. The summed E-state index contributed by atoms with van der Waals surface area (Å²) in [7, 11) is -4.31. The van der Waals surface area contributed by atoms with Gasteiger partial charge in [0.05, 0.1) is 21.2 Å². The zero-order valence-electron chi connectivity index (χ0n) is 13.2. The molecule has 27 heavy (non-hydrogen) atoms. The molecule has 0 aliphatic heterocycles. The van der Waals surface area contributed by atoms with Gasteiger partial charge in [0.2, 0.25) is 11.8 Å². The van der Waals surface area contributed by atoms with E-state index in [1.165, 1.54) is 0 Å². The van der Waals surface area contributed by atoms with Crippen LogP contribution in [0.5, 0.6) is 0 Å². The first-order chi connectivity index (χ1) is 13.0. The number of aromatic nitrogens is 4. The Bertz CT molecular complexity index is 1150. The second-order valence-corrected chi connectivity index (χ2v) is 7.73. The molecular weight excluding hydrogens is 415 g/mol. The number of rotatable bonds is 4. The number of nitrogens with zero attached hydrogens (tertiary/aromatic N) is 4. The molecule has 0 unspecified atom stereocenters. The summed E-state index contributed by atoms with van der Waals surface area (Å²) >= 11 is 12.1. The second kappa shape index (κ2) is 6.76. The maximum atomic E-state index is 12.6. The fourth-order valence-corrected chi connectivity index (χ4v) is 3.45. The monoisotopic (exact) mass is 422 g/mol. The van der Waals surface area contributed by atoms with Crippen molar-refractivity contribution in [1.82, 2.24) is 20.4 Å². The van der Waals surface area contributed by atoms with Gasteiger partial charge in [-0.05, 0) is 24.3 Å². The zero-order valence-corrected chi connectivity index (χ0v) is 15.5. The summed E-state index contributed by atoms with van der Waals surface area (Å²) in [5, 5.41) is 13.9. The minimum atomic E-state index is -4.31. The molecule has 0 N–H and O–H groups in total. The Morgan fingerprint density at radius 2 is 1.07 bits per heavy atom. The first kappa shape index (κ1) is 17.7. The van der Waals surface area contributed by atoms with Crippen LogP contribution < -0.4 is 0 Å². The summed E-state index contributed by atoms with van der Waals surface area (Å²) in [6.07, 6.45) is 0. The number of halogens is 2. The van der Waals surface area contributed by atoms with E-state index in [4.69, 9.17) is 32.0 Å². The van der Waals surface area contributed by atoms with Gasteiger partial charge < -0.3 is 8.83 Å². The van der Waals surface area contributed by atoms with Crippen LogP contribution in [-0.2, 0) is 9.84 Å². The van der Waals surface area contributed by atoms with Crippen molar-refractivity contribution in [3.05, 3.63) is 58.6 Å². The molecular formula is C16H8Cl2N4O4S. The first-order valence-corrected chi connectivity index (χ1v) is 9.62. The molecule has 0 saturated heterocycles. The molecule has 0 atom stereocenters. The predicted molar refractivity (Wildman–Crippen MR) is 94.9 cm³/mol. The molecule has 0 bridgehead atoms. The molecule has 4 rings (SSSR count). The lowest BCUT2D eigenvalue weighted by Crippen LogP contribution is -2.02.